The molecule has 108 valence electrons. The highest BCUT2D eigenvalue weighted by atomic mass is 16.3. The minimum Gasteiger partial charge on any atom is -0.393 e. The third-order valence-corrected chi connectivity index (χ3v) is 5.34. The van der Waals surface area contributed by atoms with E-state index < -0.39 is 11.7 Å². The van der Waals surface area contributed by atoms with E-state index in [0.29, 0.717) is 6.42 Å². The van der Waals surface area contributed by atoms with Gasteiger partial charge < -0.3 is 15.3 Å². The van der Waals surface area contributed by atoms with Gasteiger partial charge in [0.15, 0.2) is 5.78 Å². The van der Waals surface area contributed by atoms with Crippen molar-refractivity contribution in [3.05, 3.63) is 11.1 Å². The highest BCUT2D eigenvalue weighted by molar-refractivity contribution is 5.97. The van der Waals surface area contributed by atoms with E-state index in [1.54, 1.807) is 6.92 Å². The van der Waals surface area contributed by atoms with Gasteiger partial charge in [0.05, 0.1) is 18.3 Å². The van der Waals surface area contributed by atoms with Crippen molar-refractivity contribution in [1.29, 1.82) is 0 Å². The van der Waals surface area contributed by atoms with E-state index >= 15 is 0 Å². The predicted molar refractivity (Wildman–Crippen MR) is 71.5 cm³/mol. The third-order valence-electron chi connectivity index (χ3n) is 5.34. The minimum absolute atomic E-state index is 0.00395. The largest absolute Gasteiger partial charge is 0.393 e. The molecule has 2 aliphatic rings. The first kappa shape index (κ1) is 14.7. The average molecular weight is 268 g/mol. The molecule has 0 aromatic carbocycles. The van der Waals surface area contributed by atoms with Crippen LogP contribution < -0.4 is 0 Å². The van der Waals surface area contributed by atoms with Crippen molar-refractivity contribution < 1.29 is 20.1 Å². The van der Waals surface area contributed by atoms with Crippen molar-refractivity contribution in [2.45, 2.75) is 58.2 Å². The van der Waals surface area contributed by atoms with E-state index in [0.717, 1.165) is 24.0 Å². The van der Waals surface area contributed by atoms with E-state index in [2.05, 4.69) is 0 Å². The fourth-order valence-electron chi connectivity index (χ4n) is 3.54. The Morgan fingerprint density at radius 1 is 1.42 bits per heavy atom. The van der Waals surface area contributed by atoms with Crippen LogP contribution in [0.15, 0.2) is 11.1 Å². The van der Waals surface area contributed by atoms with Gasteiger partial charge in [-0.15, -0.1) is 0 Å². The van der Waals surface area contributed by atoms with Gasteiger partial charge in [-0.3, -0.25) is 4.79 Å². The Labute approximate surface area is 114 Å². The molecule has 0 heterocycles. The molecule has 19 heavy (non-hydrogen) atoms. The van der Waals surface area contributed by atoms with Crippen LogP contribution in [0.3, 0.4) is 0 Å². The van der Waals surface area contributed by atoms with Crippen LogP contribution in [-0.2, 0) is 4.79 Å². The van der Waals surface area contributed by atoms with Crippen molar-refractivity contribution in [1.82, 2.24) is 0 Å². The van der Waals surface area contributed by atoms with E-state index in [9.17, 15) is 20.1 Å². The van der Waals surface area contributed by atoms with E-state index in [1.165, 1.54) is 0 Å². The fourth-order valence-corrected chi connectivity index (χ4v) is 3.54. The molecule has 2 rings (SSSR count). The summed E-state index contributed by atoms with van der Waals surface area (Å²) in [6.07, 6.45) is 1.66. The first-order valence-corrected chi connectivity index (χ1v) is 6.97. The predicted octanol–water partition coefficient (Wildman–Crippen LogP) is 1.19. The number of Topliss-reactive ketones (excluding diaryl/α,β-unsaturated/α-hetero) is 1. The zero-order chi connectivity index (χ0) is 14.4. The summed E-state index contributed by atoms with van der Waals surface area (Å²) in [5, 5.41) is 29.7. The molecule has 3 N–H and O–H groups in total. The zero-order valence-corrected chi connectivity index (χ0v) is 11.9. The summed E-state index contributed by atoms with van der Waals surface area (Å²) in [6, 6.07) is 0. The normalized spacial score (nSPS) is 38.9. The van der Waals surface area contributed by atoms with Crippen LogP contribution in [0.25, 0.3) is 0 Å². The second-order valence-electron chi connectivity index (χ2n) is 6.62. The maximum atomic E-state index is 11.9. The molecular weight excluding hydrogens is 244 g/mol. The van der Waals surface area contributed by atoms with Gasteiger partial charge in [-0.05, 0) is 44.6 Å². The fraction of sp³-hybridized carbons (Fsp3) is 0.800. The molecule has 0 bridgehead atoms. The van der Waals surface area contributed by atoms with Crippen molar-refractivity contribution in [3.63, 3.8) is 0 Å². The number of ketones is 1. The molecule has 1 fully saturated rings. The van der Waals surface area contributed by atoms with E-state index in [-0.39, 0.29) is 30.1 Å². The van der Waals surface area contributed by atoms with Gasteiger partial charge >= 0.3 is 0 Å². The standard InChI is InChI=1S/C15H24O4/c1-9-11-6-10(15(3,19)8-16)4-5-14(11,2)13(18)7-12(9)17/h10,13,16,18-19H,4-8H2,1-3H3/t10-,13-,14-,15+/m1/s1. The molecule has 0 spiro atoms. The van der Waals surface area contributed by atoms with Gasteiger partial charge in [-0.25, -0.2) is 0 Å². The van der Waals surface area contributed by atoms with Crippen molar-refractivity contribution in [2.24, 2.45) is 11.3 Å². The molecule has 0 radical (unpaired) electrons. The number of hydrogen-bond donors (Lipinski definition) is 3. The molecular formula is C15H24O4. The molecule has 0 saturated heterocycles. The van der Waals surface area contributed by atoms with Gasteiger partial charge in [0.2, 0.25) is 0 Å². The number of aliphatic hydroxyl groups is 3. The lowest BCUT2D eigenvalue weighted by Gasteiger charge is -2.48. The van der Waals surface area contributed by atoms with Crippen LogP contribution in [0, 0.1) is 11.3 Å². The maximum Gasteiger partial charge on any atom is 0.161 e. The lowest BCUT2D eigenvalue weighted by molar-refractivity contribution is -0.122. The van der Waals surface area contributed by atoms with Gasteiger partial charge in [0.1, 0.15) is 0 Å². The van der Waals surface area contributed by atoms with Crippen molar-refractivity contribution in [3.8, 4) is 0 Å². The second kappa shape index (κ2) is 4.69. The molecule has 0 aromatic heterocycles. The smallest absolute Gasteiger partial charge is 0.161 e. The first-order valence-electron chi connectivity index (χ1n) is 6.97. The Bertz CT molecular complexity index is 424. The first-order chi connectivity index (χ1) is 8.72. The summed E-state index contributed by atoms with van der Waals surface area (Å²) in [5.74, 6) is -0.0575. The molecule has 0 aromatic rings. The number of fused-ring (bicyclic) bond motifs is 1. The van der Waals surface area contributed by atoms with Crippen LogP contribution in [-0.4, -0.2) is 39.4 Å². The number of aliphatic hydroxyl groups excluding tert-OH is 2. The third kappa shape index (κ3) is 2.26. The maximum absolute atomic E-state index is 11.9. The summed E-state index contributed by atoms with van der Waals surface area (Å²) in [5.41, 5.74) is 0.243. The minimum atomic E-state index is -1.12. The Hall–Kier alpha value is -0.710. The Balaban J connectivity index is 2.36. The summed E-state index contributed by atoms with van der Waals surface area (Å²) in [7, 11) is 0. The zero-order valence-electron chi connectivity index (χ0n) is 11.9. The average Bonchev–Trinajstić information content (AvgIpc) is 2.36. The van der Waals surface area contributed by atoms with E-state index in [4.69, 9.17) is 0 Å². The van der Waals surface area contributed by atoms with Gasteiger partial charge in [0.25, 0.3) is 0 Å². The highest BCUT2D eigenvalue weighted by Crippen LogP contribution is 2.52. The number of allylic oxidation sites excluding steroid dienone is 1. The van der Waals surface area contributed by atoms with Crippen LogP contribution in [0.4, 0.5) is 0 Å². The second-order valence-corrected chi connectivity index (χ2v) is 6.62. The van der Waals surface area contributed by atoms with Crippen LogP contribution in [0.5, 0.6) is 0 Å². The Morgan fingerprint density at radius 2 is 2.05 bits per heavy atom. The molecule has 4 heteroatoms. The lowest BCUT2D eigenvalue weighted by atomic mass is 9.58. The Morgan fingerprint density at radius 3 is 2.63 bits per heavy atom. The molecule has 0 unspecified atom stereocenters. The summed E-state index contributed by atoms with van der Waals surface area (Å²) in [6.45, 7) is 5.18. The van der Waals surface area contributed by atoms with Crippen molar-refractivity contribution in [2.75, 3.05) is 6.61 Å². The topological polar surface area (TPSA) is 77.8 Å². The molecule has 2 aliphatic carbocycles. The van der Waals surface area contributed by atoms with E-state index in [1.807, 2.05) is 13.8 Å². The summed E-state index contributed by atoms with van der Waals surface area (Å²) >= 11 is 0. The quantitative estimate of drug-likeness (QED) is 0.703. The van der Waals surface area contributed by atoms with Crippen LogP contribution in [0.2, 0.25) is 0 Å². The number of hydrogen-bond acceptors (Lipinski definition) is 4. The SMILES string of the molecule is CC1=C2C[C@H]([C@@](C)(O)CO)CC[C@@]2(C)[C@H](O)CC1=O. The number of carbonyl (C=O) groups is 1. The van der Waals surface area contributed by atoms with Crippen molar-refractivity contribution >= 4 is 5.78 Å². The van der Waals surface area contributed by atoms with Crippen LogP contribution >= 0.6 is 0 Å². The molecule has 4 atom stereocenters. The molecule has 1 saturated carbocycles. The number of carbonyl (C=O) groups excluding carboxylic acids is 1. The number of rotatable bonds is 2. The van der Waals surface area contributed by atoms with Gasteiger partial charge in [-0.1, -0.05) is 12.5 Å². The Kier molecular flexibility index (Phi) is 3.62. The van der Waals surface area contributed by atoms with Gasteiger partial charge in [-0.2, -0.15) is 0 Å². The molecule has 0 aliphatic heterocycles. The summed E-state index contributed by atoms with van der Waals surface area (Å²) < 4.78 is 0. The van der Waals surface area contributed by atoms with Crippen LogP contribution in [0.1, 0.15) is 46.5 Å². The lowest BCUT2D eigenvalue weighted by Crippen LogP contribution is -2.48. The summed E-state index contributed by atoms with van der Waals surface area (Å²) in [4.78, 5) is 11.9. The highest BCUT2D eigenvalue weighted by Gasteiger charge is 2.49. The monoisotopic (exact) mass is 268 g/mol. The van der Waals surface area contributed by atoms with Gasteiger partial charge in [0, 0.05) is 11.8 Å². The molecule has 0 amide bonds. The molecule has 4 nitrogen and oxygen atoms in total.